The first-order valence-electron chi connectivity index (χ1n) is 8.47. The van der Waals surface area contributed by atoms with Crippen LogP contribution in [0.1, 0.15) is 22.8 Å². The molecule has 0 aliphatic carbocycles. The Balaban J connectivity index is 1.69. The lowest BCUT2D eigenvalue weighted by molar-refractivity contribution is -0.119. The Morgan fingerprint density at radius 3 is 2.56 bits per heavy atom. The average Bonchev–Trinajstić information content (AvgIpc) is 2.83. The summed E-state index contributed by atoms with van der Waals surface area (Å²) in [6.45, 7) is 1.90. The van der Waals surface area contributed by atoms with Gasteiger partial charge < -0.3 is 5.32 Å². The number of halogens is 1. The molecule has 0 radical (unpaired) electrons. The minimum atomic E-state index is -3.72. The number of benzene rings is 2. The first-order chi connectivity index (χ1) is 12.8. The Bertz CT molecular complexity index is 973. The Labute approximate surface area is 157 Å². The third-order valence-corrected chi connectivity index (χ3v) is 6.18. The molecule has 1 heterocycles. The molecule has 1 atom stereocenters. The van der Waals surface area contributed by atoms with Gasteiger partial charge in [0.05, 0.1) is 17.4 Å². The summed E-state index contributed by atoms with van der Waals surface area (Å²) in [6.07, 6.45) is 0.530. The summed E-state index contributed by atoms with van der Waals surface area (Å²) in [5.74, 6) is -2.04. The minimum Gasteiger partial charge on any atom is -0.352 e. The van der Waals surface area contributed by atoms with Crippen LogP contribution >= 0.6 is 0 Å². The van der Waals surface area contributed by atoms with Crippen LogP contribution in [0.15, 0.2) is 48.5 Å². The van der Waals surface area contributed by atoms with E-state index in [2.05, 4.69) is 5.32 Å². The van der Waals surface area contributed by atoms with Gasteiger partial charge in [-0.25, -0.2) is 17.1 Å². The highest BCUT2D eigenvalue weighted by atomic mass is 32.2. The van der Waals surface area contributed by atoms with Crippen molar-refractivity contribution in [3.8, 4) is 0 Å². The molecule has 1 N–H and O–H groups in total. The van der Waals surface area contributed by atoms with Crippen molar-refractivity contribution in [2.75, 3.05) is 16.6 Å². The Morgan fingerprint density at radius 2 is 1.93 bits per heavy atom. The molecule has 1 aliphatic heterocycles. The third kappa shape index (κ3) is 4.16. The molecule has 0 saturated carbocycles. The van der Waals surface area contributed by atoms with Gasteiger partial charge in [-0.05, 0) is 42.3 Å². The van der Waals surface area contributed by atoms with E-state index in [9.17, 15) is 22.4 Å². The number of nitrogens with one attached hydrogen (secondary N) is 1. The predicted molar refractivity (Wildman–Crippen MR) is 99.3 cm³/mol. The fourth-order valence-electron chi connectivity index (χ4n) is 2.93. The number of anilines is 1. The summed E-state index contributed by atoms with van der Waals surface area (Å²) in [6, 6.07) is 12.0. The Hall–Kier alpha value is -2.74. The molecule has 1 aliphatic rings. The highest BCUT2D eigenvalue weighted by Gasteiger charge is 2.42. The van der Waals surface area contributed by atoms with Crippen LogP contribution in [0, 0.1) is 11.7 Å². The topological polar surface area (TPSA) is 83.6 Å². The van der Waals surface area contributed by atoms with Gasteiger partial charge in [0, 0.05) is 12.1 Å². The first kappa shape index (κ1) is 19.0. The van der Waals surface area contributed by atoms with Crippen LogP contribution < -0.4 is 9.62 Å². The van der Waals surface area contributed by atoms with Gasteiger partial charge >= 0.3 is 0 Å². The highest BCUT2D eigenvalue weighted by molar-refractivity contribution is 7.94. The standard InChI is InChI=1S/C19H19FN2O4S/c1-13-12-27(25,26)22(19(13)24)17-4-2-3-15(11-17)18(23)21-10-9-14-5-7-16(20)8-6-14/h2-8,11,13H,9-10,12H2,1H3,(H,21,23). The van der Waals surface area contributed by atoms with Gasteiger partial charge in [-0.2, -0.15) is 0 Å². The number of carbonyl (C=O) groups excluding carboxylic acids is 2. The molecule has 2 aromatic carbocycles. The molecule has 27 heavy (non-hydrogen) atoms. The number of hydrogen-bond donors (Lipinski definition) is 1. The molecular weight excluding hydrogens is 371 g/mol. The SMILES string of the molecule is CC1CS(=O)(=O)N(c2cccc(C(=O)NCCc3ccc(F)cc3)c2)C1=O. The van der Waals surface area contributed by atoms with Crippen molar-refractivity contribution in [3.05, 3.63) is 65.5 Å². The maximum Gasteiger partial charge on any atom is 0.251 e. The lowest BCUT2D eigenvalue weighted by Gasteiger charge is -2.16. The van der Waals surface area contributed by atoms with E-state index in [1.807, 2.05) is 0 Å². The molecule has 1 saturated heterocycles. The quantitative estimate of drug-likeness (QED) is 0.848. The maximum atomic E-state index is 12.9. The summed E-state index contributed by atoms with van der Waals surface area (Å²) >= 11 is 0. The predicted octanol–water partition coefficient (Wildman–Crippen LogP) is 2.11. The van der Waals surface area contributed by atoms with Crippen LogP contribution in [0.2, 0.25) is 0 Å². The maximum absolute atomic E-state index is 12.9. The van der Waals surface area contributed by atoms with Gasteiger partial charge in [0.25, 0.3) is 5.91 Å². The Morgan fingerprint density at radius 1 is 1.22 bits per heavy atom. The zero-order valence-electron chi connectivity index (χ0n) is 14.7. The number of nitrogens with zero attached hydrogens (tertiary/aromatic N) is 1. The molecule has 1 fully saturated rings. The van der Waals surface area contributed by atoms with Crippen molar-refractivity contribution in [2.24, 2.45) is 5.92 Å². The highest BCUT2D eigenvalue weighted by Crippen LogP contribution is 2.28. The molecule has 2 aromatic rings. The molecule has 6 nitrogen and oxygen atoms in total. The van der Waals surface area contributed by atoms with E-state index < -0.39 is 21.8 Å². The molecule has 0 aromatic heterocycles. The first-order valence-corrected chi connectivity index (χ1v) is 10.1. The summed E-state index contributed by atoms with van der Waals surface area (Å²) in [5.41, 5.74) is 1.30. The second-order valence-electron chi connectivity index (χ2n) is 6.46. The van der Waals surface area contributed by atoms with Crippen LogP contribution in [0.4, 0.5) is 10.1 Å². The lowest BCUT2D eigenvalue weighted by Crippen LogP contribution is -2.31. The van der Waals surface area contributed by atoms with E-state index >= 15 is 0 Å². The number of carbonyl (C=O) groups is 2. The second kappa shape index (κ2) is 7.48. The monoisotopic (exact) mass is 390 g/mol. The van der Waals surface area contributed by atoms with Crippen LogP contribution in [0.5, 0.6) is 0 Å². The van der Waals surface area contributed by atoms with Crippen molar-refractivity contribution in [1.82, 2.24) is 5.32 Å². The van der Waals surface area contributed by atoms with E-state index in [0.29, 0.717) is 13.0 Å². The fraction of sp³-hybridized carbons (Fsp3) is 0.263. The number of hydrogen-bond acceptors (Lipinski definition) is 4. The van der Waals surface area contributed by atoms with Crippen LogP contribution in [-0.2, 0) is 21.2 Å². The van der Waals surface area contributed by atoms with E-state index in [1.165, 1.54) is 30.3 Å². The summed E-state index contributed by atoms with van der Waals surface area (Å²) in [7, 11) is -3.72. The van der Waals surface area contributed by atoms with Gasteiger partial charge in [0.1, 0.15) is 5.82 Å². The molecule has 0 spiro atoms. The number of amides is 2. The van der Waals surface area contributed by atoms with Gasteiger partial charge in [-0.15, -0.1) is 0 Å². The molecular formula is C19H19FN2O4S. The van der Waals surface area contributed by atoms with Crippen molar-refractivity contribution in [1.29, 1.82) is 0 Å². The molecule has 2 amide bonds. The van der Waals surface area contributed by atoms with E-state index in [1.54, 1.807) is 25.1 Å². The van der Waals surface area contributed by atoms with E-state index in [-0.39, 0.29) is 28.7 Å². The van der Waals surface area contributed by atoms with E-state index in [0.717, 1.165) is 9.87 Å². The largest absolute Gasteiger partial charge is 0.352 e. The molecule has 0 bridgehead atoms. The third-order valence-electron chi connectivity index (χ3n) is 4.32. The van der Waals surface area contributed by atoms with Gasteiger partial charge in [0.15, 0.2) is 0 Å². The molecule has 1 unspecified atom stereocenters. The lowest BCUT2D eigenvalue weighted by atomic mass is 10.1. The molecule has 8 heteroatoms. The van der Waals surface area contributed by atoms with Crippen LogP contribution in [-0.4, -0.2) is 32.5 Å². The normalized spacial score (nSPS) is 18.5. The molecule has 142 valence electrons. The van der Waals surface area contributed by atoms with Crippen LogP contribution in [0.25, 0.3) is 0 Å². The van der Waals surface area contributed by atoms with Crippen molar-refractivity contribution in [2.45, 2.75) is 13.3 Å². The Kier molecular flexibility index (Phi) is 5.27. The smallest absolute Gasteiger partial charge is 0.251 e. The van der Waals surface area contributed by atoms with Crippen molar-refractivity contribution < 1.29 is 22.4 Å². The zero-order chi connectivity index (χ0) is 19.6. The molecule has 3 rings (SSSR count). The van der Waals surface area contributed by atoms with Gasteiger partial charge in [-0.1, -0.05) is 25.1 Å². The summed E-state index contributed by atoms with van der Waals surface area (Å²) < 4.78 is 38.1. The fourth-order valence-corrected chi connectivity index (χ4v) is 4.75. The van der Waals surface area contributed by atoms with E-state index in [4.69, 9.17) is 0 Å². The zero-order valence-corrected chi connectivity index (χ0v) is 15.5. The van der Waals surface area contributed by atoms with Crippen molar-refractivity contribution >= 4 is 27.5 Å². The minimum absolute atomic E-state index is 0.163. The van der Waals surface area contributed by atoms with Gasteiger partial charge in [0.2, 0.25) is 15.9 Å². The average molecular weight is 390 g/mol. The van der Waals surface area contributed by atoms with Crippen LogP contribution in [0.3, 0.4) is 0 Å². The number of rotatable bonds is 5. The summed E-state index contributed by atoms with van der Waals surface area (Å²) in [5, 5.41) is 2.73. The summed E-state index contributed by atoms with van der Waals surface area (Å²) in [4.78, 5) is 24.5. The van der Waals surface area contributed by atoms with Gasteiger partial charge in [-0.3, -0.25) is 9.59 Å². The second-order valence-corrected chi connectivity index (χ2v) is 8.33. The number of sulfonamides is 1. The van der Waals surface area contributed by atoms with Crippen molar-refractivity contribution in [3.63, 3.8) is 0 Å².